The summed E-state index contributed by atoms with van der Waals surface area (Å²) in [5, 5.41) is 24.5. The number of nitrogens with one attached hydrogen (secondary N) is 3. The third-order valence-corrected chi connectivity index (χ3v) is 7.98. The normalized spacial score (nSPS) is 11.8. The second-order valence-corrected chi connectivity index (χ2v) is 11.3. The lowest BCUT2D eigenvalue weighted by Gasteiger charge is -2.17. The van der Waals surface area contributed by atoms with Crippen LogP contribution in [0.25, 0.3) is 0 Å². The first-order valence-electron chi connectivity index (χ1n) is 12.4. The van der Waals surface area contributed by atoms with Crippen LogP contribution in [0.3, 0.4) is 0 Å². The number of nitro benzene ring substituents is 1. The highest BCUT2D eigenvalue weighted by molar-refractivity contribution is 7.93. The molecule has 0 saturated heterocycles. The maximum Gasteiger partial charge on any atom is 0.328 e. The van der Waals surface area contributed by atoms with E-state index in [0.29, 0.717) is 22.7 Å². The van der Waals surface area contributed by atoms with E-state index < -0.39 is 38.8 Å². The lowest BCUT2D eigenvalue weighted by Crippen LogP contribution is -2.43. The highest BCUT2D eigenvalue weighted by Gasteiger charge is 2.23. The minimum absolute atomic E-state index is 0.0394. The second-order valence-electron chi connectivity index (χ2n) is 8.53. The Kier molecular flexibility index (Phi) is 10.8. The van der Waals surface area contributed by atoms with Gasteiger partial charge in [0.15, 0.2) is 0 Å². The summed E-state index contributed by atoms with van der Waals surface area (Å²) in [6, 6.07) is 9.94. The highest BCUT2D eigenvalue weighted by Crippen LogP contribution is 2.21. The first-order valence-corrected chi connectivity index (χ1v) is 14.7. The summed E-state index contributed by atoms with van der Waals surface area (Å²) in [6.07, 6.45) is 0.221. The van der Waals surface area contributed by atoms with E-state index in [0.717, 1.165) is 11.3 Å². The average Bonchev–Trinajstić information content (AvgIpc) is 3.39. The van der Waals surface area contributed by atoms with Crippen LogP contribution in [0, 0.1) is 10.1 Å². The standard InChI is InChI=1S/C25H28N6O8S2/c1-3-23-28-29-25(40-23)30-41(37,38)19-11-7-17(8-12-19)26-21(32)13-14-22(33)27-20(24(34)39-4-2)15-16-5-9-18(10-6-16)31(35)36/h5-12,20H,3-4,13-15H2,1-2H3,(H,26,32)(H,27,33)(H,29,30). The van der Waals surface area contributed by atoms with Crippen molar-refractivity contribution in [3.63, 3.8) is 0 Å². The van der Waals surface area contributed by atoms with Crippen molar-refractivity contribution in [1.29, 1.82) is 0 Å². The number of rotatable bonds is 14. The summed E-state index contributed by atoms with van der Waals surface area (Å²) in [5.74, 6) is -1.75. The molecule has 16 heteroatoms. The van der Waals surface area contributed by atoms with Gasteiger partial charge in [-0.15, -0.1) is 10.2 Å². The van der Waals surface area contributed by atoms with Crippen LogP contribution in [0.5, 0.6) is 0 Å². The van der Waals surface area contributed by atoms with Gasteiger partial charge in [0, 0.05) is 37.1 Å². The molecule has 1 atom stereocenters. The molecule has 0 aliphatic rings. The number of carbonyl (C=O) groups is 3. The molecule has 1 unspecified atom stereocenters. The van der Waals surface area contributed by atoms with Crippen molar-refractivity contribution in [3.8, 4) is 0 Å². The molecule has 14 nitrogen and oxygen atoms in total. The quantitative estimate of drug-likeness (QED) is 0.140. The molecule has 0 aliphatic carbocycles. The predicted octanol–water partition coefficient (Wildman–Crippen LogP) is 2.82. The number of hydrogen-bond donors (Lipinski definition) is 3. The van der Waals surface area contributed by atoms with Crippen molar-refractivity contribution in [2.75, 3.05) is 16.6 Å². The summed E-state index contributed by atoms with van der Waals surface area (Å²) >= 11 is 1.13. The Bertz CT molecular complexity index is 1490. The van der Waals surface area contributed by atoms with Crippen molar-refractivity contribution in [1.82, 2.24) is 15.5 Å². The maximum absolute atomic E-state index is 12.6. The Morgan fingerprint density at radius 3 is 2.24 bits per heavy atom. The molecule has 3 aromatic rings. The molecule has 0 spiro atoms. The number of non-ortho nitro benzene ring substituents is 1. The first-order chi connectivity index (χ1) is 19.5. The number of anilines is 2. The minimum Gasteiger partial charge on any atom is -0.464 e. The fraction of sp³-hybridized carbons (Fsp3) is 0.320. The van der Waals surface area contributed by atoms with E-state index in [1.807, 2.05) is 6.92 Å². The van der Waals surface area contributed by atoms with Crippen LogP contribution in [0.1, 0.15) is 37.3 Å². The molecular formula is C25H28N6O8S2. The molecule has 3 rings (SSSR count). The topological polar surface area (TPSA) is 200 Å². The molecular weight excluding hydrogens is 576 g/mol. The van der Waals surface area contributed by atoms with E-state index in [1.165, 1.54) is 48.5 Å². The monoisotopic (exact) mass is 604 g/mol. The number of ether oxygens (including phenoxy) is 1. The fourth-order valence-electron chi connectivity index (χ4n) is 3.47. The van der Waals surface area contributed by atoms with Gasteiger partial charge < -0.3 is 15.4 Å². The van der Waals surface area contributed by atoms with Crippen LogP contribution in [-0.2, 0) is 42.0 Å². The van der Waals surface area contributed by atoms with Crippen molar-refractivity contribution >= 4 is 55.7 Å². The van der Waals surface area contributed by atoms with Gasteiger partial charge in [0.05, 0.1) is 16.4 Å². The lowest BCUT2D eigenvalue weighted by atomic mass is 10.1. The largest absolute Gasteiger partial charge is 0.464 e. The molecule has 0 aliphatic heterocycles. The van der Waals surface area contributed by atoms with Crippen LogP contribution in [0.2, 0.25) is 0 Å². The molecule has 41 heavy (non-hydrogen) atoms. The number of sulfonamides is 1. The molecule has 2 amide bonds. The average molecular weight is 605 g/mol. The van der Waals surface area contributed by atoms with Gasteiger partial charge in [-0.3, -0.25) is 24.4 Å². The molecule has 1 aromatic heterocycles. The van der Waals surface area contributed by atoms with Gasteiger partial charge in [-0.25, -0.2) is 13.2 Å². The summed E-state index contributed by atoms with van der Waals surface area (Å²) in [4.78, 5) is 47.5. The summed E-state index contributed by atoms with van der Waals surface area (Å²) in [6.45, 7) is 3.58. The van der Waals surface area contributed by atoms with E-state index in [1.54, 1.807) is 6.92 Å². The van der Waals surface area contributed by atoms with Crippen LogP contribution >= 0.6 is 11.3 Å². The number of aryl methyl sites for hydroxylation is 1. The Morgan fingerprint density at radius 1 is 1.00 bits per heavy atom. The highest BCUT2D eigenvalue weighted by atomic mass is 32.2. The van der Waals surface area contributed by atoms with Crippen molar-refractivity contribution in [2.45, 2.75) is 50.5 Å². The number of esters is 1. The lowest BCUT2D eigenvalue weighted by molar-refractivity contribution is -0.384. The van der Waals surface area contributed by atoms with Gasteiger partial charge in [-0.2, -0.15) is 0 Å². The van der Waals surface area contributed by atoms with Crippen molar-refractivity contribution < 1.29 is 32.5 Å². The molecule has 0 saturated carbocycles. The van der Waals surface area contributed by atoms with E-state index in [-0.39, 0.29) is 41.6 Å². The molecule has 1 heterocycles. The number of nitrogens with zero attached hydrogens (tertiary/aromatic N) is 3. The van der Waals surface area contributed by atoms with Gasteiger partial charge in [-0.05, 0) is 43.2 Å². The van der Waals surface area contributed by atoms with Crippen LogP contribution in [0.4, 0.5) is 16.5 Å². The van der Waals surface area contributed by atoms with Crippen LogP contribution in [0.15, 0.2) is 53.4 Å². The Morgan fingerprint density at radius 2 is 1.66 bits per heavy atom. The van der Waals surface area contributed by atoms with Gasteiger partial charge in [0.2, 0.25) is 16.9 Å². The van der Waals surface area contributed by atoms with Crippen molar-refractivity contribution in [3.05, 3.63) is 69.2 Å². The third kappa shape index (κ3) is 9.32. The zero-order chi connectivity index (χ0) is 30.0. The maximum atomic E-state index is 12.6. The summed E-state index contributed by atoms with van der Waals surface area (Å²) < 4.78 is 32.5. The number of amides is 2. The molecule has 3 N–H and O–H groups in total. The Hall–Kier alpha value is -4.44. The minimum atomic E-state index is -3.90. The van der Waals surface area contributed by atoms with Crippen LogP contribution in [-0.4, -0.2) is 54.0 Å². The van der Waals surface area contributed by atoms with Gasteiger partial charge >= 0.3 is 5.97 Å². The Labute approximate surface area is 239 Å². The Balaban J connectivity index is 1.52. The number of nitro groups is 1. The molecule has 218 valence electrons. The van der Waals surface area contributed by atoms with E-state index in [4.69, 9.17) is 4.74 Å². The van der Waals surface area contributed by atoms with Gasteiger partial charge in [0.1, 0.15) is 11.0 Å². The summed E-state index contributed by atoms with van der Waals surface area (Å²) in [7, 11) is -3.90. The number of hydrogen-bond acceptors (Lipinski definition) is 11. The summed E-state index contributed by atoms with van der Waals surface area (Å²) in [5.41, 5.74) is 0.783. The fourth-order valence-corrected chi connectivity index (χ4v) is 5.38. The van der Waals surface area contributed by atoms with Gasteiger partial charge in [0.25, 0.3) is 15.7 Å². The SMILES string of the molecule is CCOC(=O)C(Cc1ccc([N+](=O)[O-])cc1)NC(=O)CCC(=O)Nc1ccc(S(=O)(=O)Nc2nnc(CC)s2)cc1. The zero-order valence-electron chi connectivity index (χ0n) is 22.2. The molecule has 0 fully saturated rings. The van der Waals surface area contributed by atoms with Crippen LogP contribution < -0.4 is 15.4 Å². The smallest absolute Gasteiger partial charge is 0.328 e. The zero-order valence-corrected chi connectivity index (χ0v) is 23.8. The molecule has 0 radical (unpaired) electrons. The van der Waals surface area contributed by atoms with Crippen molar-refractivity contribution in [2.24, 2.45) is 0 Å². The molecule has 2 aromatic carbocycles. The first kappa shape index (κ1) is 31.1. The van der Waals surface area contributed by atoms with E-state index >= 15 is 0 Å². The second kappa shape index (κ2) is 14.3. The molecule has 0 bridgehead atoms. The van der Waals surface area contributed by atoms with E-state index in [2.05, 4.69) is 25.6 Å². The third-order valence-electron chi connectivity index (χ3n) is 5.51. The number of carbonyl (C=O) groups excluding carboxylic acids is 3. The van der Waals surface area contributed by atoms with Gasteiger partial charge in [-0.1, -0.05) is 30.4 Å². The predicted molar refractivity (Wildman–Crippen MR) is 150 cm³/mol. The number of benzene rings is 2. The van der Waals surface area contributed by atoms with E-state index in [9.17, 15) is 32.9 Å². The number of aromatic nitrogens is 2.